The Balaban J connectivity index is 1.92. The molecule has 0 radical (unpaired) electrons. The summed E-state index contributed by atoms with van der Waals surface area (Å²) in [6, 6.07) is 6.01. The summed E-state index contributed by atoms with van der Waals surface area (Å²) in [7, 11) is 0. The molecular weight excluding hydrogens is 284 g/mol. The molecule has 0 fully saturated rings. The van der Waals surface area contributed by atoms with Crippen molar-refractivity contribution in [2.75, 3.05) is 6.54 Å². The lowest BCUT2D eigenvalue weighted by atomic mass is 9.83. The quantitative estimate of drug-likeness (QED) is 0.560. The maximum atomic E-state index is 11.8. The molecule has 1 aromatic rings. The lowest BCUT2D eigenvalue weighted by Crippen LogP contribution is -2.55. The second-order valence-corrected chi connectivity index (χ2v) is 5.38. The number of aryl methyl sites for hydroxylation is 1. The van der Waals surface area contributed by atoms with E-state index in [1.807, 2.05) is 12.1 Å². The number of benzene rings is 1. The average molecular weight is 304 g/mol. The number of amides is 4. The summed E-state index contributed by atoms with van der Waals surface area (Å²) in [5, 5.41) is 4.85. The largest absolute Gasteiger partial charge is 0.367 e. The van der Waals surface area contributed by atoms with E-state index in [-0.39, 0.29) is 5.92 Å². The highest BCUT2D eigenvalue weighted by Gasteiger charge is 2.25. The van der Waals surface area contributed by atoms with Gasteiger partial charge in [0.25, 0.3) is 0 Å². The highest BCUT2D eigenvalue weighted by Crippen LogP contribution is 2.30. The van der Waals surface area contributed by atoms with Gasteiger partial charge in [-0.1, -0.05) is 24.3 Å². The summed E-state index contributed by atoms with van der Waals surface area (Å²) < 4.78 is 0. The molecule has 6 N–H and O–H groups in total. The van der Waals surface area contributed by atoms with E-state index in [9.17, 15) is 14.4 Å². The predicted octanol–water partition coefficient (Wildman–Crippen LogP) is -0.255. The second-order valence-electron chi connectivity index (χ2n) is 5.38. The maximum Gasteiger partial charge on any atom is 0.315 e. The molecule has 1 unspecified atom stereocenters. The average Bonchev–Trinajstić information content (AvgIpc) is 2.49. The van der Waals surface area contributed by atoms with Crippen LogP contribution < -0.4 is 22.1 Å². The van der Waals surface area contributed by atoms with E-state index in [4.69, 9.17) is 11.5 Å². The van der Waals surface area contributed by atoms with E-state index in [2.05, 4.69) is 22.8 Å². The number of carbonyl (C=O) groups excluding carboxylic acids is 3. The van der Waals surface area contributed by atoms with E-state index < -0.39 is 23.9 Å². The van der Waals surface area contributed by atoms with Gasteiger partial charge in [-0.25, -0.2) is 4.79 Å². The summed E-state index contributed by atoms with van der Waals surface area (Å²) in [4.78, 5) is 33.8. The Kier molecular flexibility index (Phi) is 4.98. The minimum atomic E-state index is -1.50. The van der Waals surface area contributed by atoms with Crippen molar-refractivity contribution >= 4 is 17.8 Å². The van der Waals surface area contributed by atoms with Crippen LogP contribution in [-0.4, -0.2) is 30.4 Å². The van der Waals surface area contributed by atoms with Crippen LogP contribution in [-0.2, 0) is 16.0 Å². The van der Waals surface area contributed by atoms with Crippen LogP contribution in [0, 0.1) is 0 Å². The molecule has 0 bridgehead atoms. The molecule has 22 heavy (non-hydrogen) atoms. The monoisotopic (exact) mass is 304 g/mol. The van der Waals surface area contributed by atoms with Gasteiger partial charge in [-0.2, -0.15) is 0 Å². The van der Waals surface area contributed by atoms with Crippen molar-refractivity contribution in [1.82, 2.24) is 10.6 Å². The molecule has 0 saturated carbocycles. The molecule has 7 nitrogen and oxygen atoms in total. The first-order valence-corrected chi connectivity index (χ1v) is 7.20. The second kappa shape index (κ2) is 6.93. The highest BCUT2D eigenvalue weighted by atomic mass is 16.2. The van der Waals surface area contributed by atoms with Gasteiger partial charge >= 0.3 is 6.03 Å². The standard InChI is InChI=1S/C15H20N4O3/c16-13(20)12(14(17)21)19-15(22)18-8-10-6-3-5-9-4-1-2-7-11(9)10/h1-2,4,7,10,12H,3,5-6,8H2,(H2,16,20)(H2,17,21)(H2,18,19,22). The van der Waals surface area contributed by atoms with Crippen molar-refractivity contribution in [3.8, 4) is 0 Å². The molecule has 0 aliphatic heterocycles. The molecule has 0 saturated heterocycles. The molecule has 0 aromatic heterocycles. The molecule has 1 aliphatic carbocycles. The number of urea groups is 1. The first kappa shape index (κ1) is 15.8. The Bertz CT molecular complexity index is 574. The first-order valence-electron chi connectivity index (χ1n) is 7.20. The molecule has 2 rings (SSSR count). The molecule has 118 valence electrons. The van der Waals surface area contributed by atoms with Crippen molar-refractivity contribution in [2.45, 2.75) is 31.2 Å². The summed E-state index contributed by atoms with van der Waals surface area (Å²) >= 11 is 0. The SMILES string of the molecule is NC(=O)C(NC(=O)NCC1CCCc2ccccc21)C(N)=O. The van der Waals surface area contributed by atoms with Crippen LogP contribution in [0.3, 0.4) is 0 Å². The zero-order chi connectivity index (χ0) is 16.1. The zero-order valence-corrected chi connectivity index (χ0v) is 12.2. The number of nitrogens with one attached hydrogen (secondary N) is 2. The van der Waals surface area contributed by atoms with Gasteiger partial charge in [0.1, 0.15) is 0 Å². The number of fused-ring (bicyclic) bond motifs is 1. The topological polar surface area (TPSA) is 127 Å². The third-order valence-corrected chi connectivity index (χ3v) is 3.85. The van der Waals surface area contributed by atoms with Crippen molar-refractivity contribution in [3.63, 3.8) is 0 Å². The minimum absolute atomic E-state index is 0.219. The van der Waals surface area contributed by atoms with Crippen molar-refractivity contribution in [3.05, 3.63) is 35.4 Å². The molecular formula is C15H20N4O3. The lowest BCUT2D eigenvalue weighted by Gasteiger charge is -2.26. The van der Waals surface area contributed by atoms with Crippen LogP contribution >= 0.6 is 0 Å². The van der Waals surface area contributed by atoms with Gasteiger partial charge in [-0.15, -0.1) is 0 Å². The van der Waals surface area contributed by atoms with Crippen LogP contribution in [0.4, 0.5) is 4.79 Å². The van der Waals surface area contributed by atoms with Crippen LogP contribution in [0.5, 0.6) is 0 Å². The van der Waals surface area contributed by atoms with Gasteiger partial charge < -0.3 is 22.1 Å². The third kappa shape index (κ3) is 3.75. The van der Waals surface area contributed by atoms with Crippen molar-refractivity contribution in [1.29, 1.82) is 0 Å². The van der Waals surface area contributed by atoms with Crippen LogP contribution in [0.2, 0.25) is 0 Å². The zero-order valence-electron chi connectivity index (χ0n) is 12.2. The number of rotatable bonds is 5. The Morgan fingerprint density at radius 2 is 1.86 bits per heavy atom. The van der Waals surface area contributed by atoms with Gasteiger partial charge in [0.2, 0.25) is 11.8 Å². The van der Waals surface area contributed by atoms with Crippen LogP contribution in [0.15, 0.2) is 24.3 Å². The number of primary amides is 2. The number of hydrogen-bond donors (Lipinski definition) is 4. The number of carbonyl (C=O) groups is 3. The molecule has 1 aromatic carbocycles. The Labute approximate surface area is 128 Å². The van der Waals surface area contributed by atoms with Gasteiger partial charge in [-0.3, -0.25) is 9.59 Å². The van der Waals surface area contributed by atoms with Gasteiger partial charge in [0.15, 0.2) is 6.04 Å². The first-order chi connectivity index (χ1) is 10.5. The predicted molar refractivity (Wildman–Crippen MR) is 80.8 cm³/mol. The maximum absolute atomic E-state index is 11.8. The molecule has 1 atom stereocenters. The molecule has 4 amide bonds. The highest BCUT2D eigenvalue weighted by molar-refractivity contribution is 6.05. The fourth-order valence-electron chi connectivity index (χ4n) is 2.75. The molecule has 1 aliphatic rings. The lowest BCUT2D eigenvalue weighted by molar-refractivity contribution is -0.128. The van der Waals surface area contributed by atoms with E-state index in [1.165, 1.54) is 11.1 Å². The molecule has 0 heterocycles. The molecule has 0 spiro atoms. The third-order valence-electron chi connectivity index (χ3n) is 3.85. The normalized spacial score (nSPS) is 16.7. The minimum Gasteiger partial charge on any atom is -0.367 e. The fraction of sp³-hybridized carbons (Fsp3) is 0.400. The summed E-state index contributed by atoms with van der Waals surface area (Å²) in [6.45, 7) is 0.424. The Hall–Kier alpha value is -2.57. The molecule has 7 heteroatoms. The van der Waals surface area contributed by atoms with E-state index in [0.717, 1.165) is 19.3 Å². The fourth-order valence-corrected chi connectivity index (χ4v) is 2.75. The van der Waals surface area contributed by atoms with E-state index >= 15 is 0 Å². The van der Waals surface area contributed by atoms with E-state index in [1.54, 1.807) is 0 Å². The summed E-state index contributed by atoms with van der Waals surface area (Å²) in [5.74, 6) is -1.74. The van der Waals surface area contributed by atoms with Crippen molar-refractivity contribution in [2.24, 2.45) is 11.5 Å². The number of hydrogen-bond acceptors (Lipinski definition) is 3. The van der Waals surface area contributed by atoms with Gasteiger partial charge in [-0.05, 0) is 30.4 Å². The van der Waals surface area contributed by atoms with Crippen LogP contribution in [0.25, 0.3) is 0 Å². The smallest absolute Gasteiger partial charge is 0.315 e. The Morgan fingerprint density at radius 1 is 1.18 bits per heavy atom. The summed E-state index contributed by atoms with van der Waals surface area (Å²) in [5.41, 5.74) is 12.5. The summed E-state index contributed by atoms with van der Waals surface area (Å²) in [6.07, 6.45) is 3.09. The Morgan fingerprint density at radius 3 is 2.55 bits per heavy atom. The van der Waals surface area contributed by atoms with Crippen molar-refractivity contribution < 1.29 is 14.4 Å². The van der Waals surface area contributed by atoms with Gasteiger partial charge in [0.05, 0.1) is 0 Å². The van der Waals surface area contributed by atoms with Gasteiger partial charge in [0, 0.05) is 12.5 Å². The number of nitrogens with two attached hydrogens (primary N) is 2. The van der Waals surface area contributed by atoms with Crippen LogP contribution in [0.1, 0.15) is 29.9 Å². The van der Waals surface area contributed by atoms with E-state index in [0.29, 0.717) is 6.54 Å².